The van der Waals surface area contributed by atoms with E-state index in [1.807, 2.05) is 36.1 Å². The van der Waals surface area contributed by atoms with Crippen LogP contribution in [0.3, 0.4) is 0 Å². The molecule has 1 N–H and O–H groups in total. The van der Waals surface area contributed by atoms with E-state index in [-0.39, 0.29) is 17.9 Å². The Hall–Kier alpha value is -2.82. The summed E-state index contributed by atoms with van der Waals surface area (Å²) in [5, 5.41) is 3.01. The predicted octanol–water partition coefficient (Wildman–Crippen LogP) is 2.99. The molecule has 0 bridgehead atoms. The predicted molar refractivity (Wildman–Crippen MR) is 110 cm³/mol. The van der Waals surface area contributed by atoms with Crippen molar-refractivity contribution in [1.82, 2.24) is 10.2 Å². The van der Waals surface area contributed by atoms with Crippen molar-refractivity contribution in [3.63, 3.8) is 0 Å². The Labute approximate surface area is 166 Å². The summed E-state index contributed by atoms with van der Waals surface area (Å²) in [6, 6.07) is 16.3. The Morgan fingerprint density at radius 1 is 1.04 bits per heavy atom. The molecule has 0 aromatic heterocycles. The first-order chi connectivity index (χ1) is 13.6. The summed E-state index contributed by atoms with van der Waals surface area (Å²) in [7, 11) is 0. The largest absolute Gasteiger partial charge is 0.367 e. The summed E-state index contributed by atoms with van der Waals surface area (Å²) in [6.45, 7) is 5.22. The normalized spacial score (nSPS) is 17.4. The van der Waals surface area contributed by atoms with Crippen molar-refractivity contribution in [3.05, 3.63) is 65.2 Å². The minimum atomic E-state index is -0.0883. The van der Waals surface area contributed by atoms with E-state index < -0.39 is 0 Å². The number of anilines is 1. The lowest BCUT2D eigenvalue weighted by atomic mass is 9.99. The molecule has 4 rings (SSSR count). The number of hydrogen-bond donors (Lipinski definition) is 1. The van der Waals surface area contributed by atoms with E-state index in [9.17, 15) is 9.59 Å². The molecule has 0 radical (unpaired) electrons. The highest BCUT2D eigenvalue weighted by Gasteiger charge is 2.22. The van der Waals surface area contributed by atoms with E-state index in [4.69, 9.17) is 0 Å². The van der Waals surface area contributed by atoms with E-state index in [0.717, 1.165) is 38.2 Å². The quantitative estimate of drug-likeness (QED) is 0.872. The molecule has 5 heteroatoms. The van der Waals surface area contributed by atoms with E-state index in [1.54, 1.807) is 0 Å². The summed E-state index contributed by atoms with van der Waals surface area (Å²) < 4.78 is 0. The standard InChI is InChI=1S/C23H27N3O2/c1-17(15-26-13-4-7-22(26)27)24-23(28)19-8-10-21(11-9-19)25-14-12-18-5-2-3-6-20(18)16-25/h2-3,5-6,8-11,17H,4,7,12-16H2,1H3,(H,24,28)/t17-/m1/s1. The van der Waals surface area contributed by atoms with Crippen LogP contribution in [0.5, 0.6) is 0 Å². The van der Waals surface area contributed by atoms with Crippen LogP contribution in [0.15, 0.2) is 48.5 Å². The number of likely N-dealkylation sites (tertiary alicyclic amines) is 1. The Morgan fingerprint density at radius 2 is 1.79 bits per heavy atom. The molecule has 2 amide bonds. The fourth-order valence-electron chi connectivity index (χ4n) is 4.12. The molecule has 2 heterocycles. The molecule has 1 saturated heterocycles. The number of amides is 2. The Morgan fingerprint density at radius 3 is 2.50 bits per heavy atom. The van der Waals surface area contributed by atoms with Crippen LogP contribution < -0.4 is 10.2 Å². The Balaban J connectivity index is 1.35. The van der Waals surface area contributed by atoms with Gasteiger partial charge < -0.3 is 15.1 Å². The van der Waals surface area contributed by atoms with Crippen molar-refractivity contribution in [2.75, 3.05) is 24.5 Å². The van der Waals surface area contributed by atoms with Crippen LogP contribution in [0.2, 0.25) is 0 Å². The zero-order valence-corrected chi connectivity index (χ0v) is 16.4. The van der Waals surface area contributed by atoms with Gasteiger partial charge in [-0.3, -0.25) is 9.59 Å². The van der Waals surface area contributed by atoms with Gasteiger partial charge in [0.1, 0.15) is 0 Å². The molecule has 0 saturated carbocycles. The number of carbonyl (C=O) groups is 2. The lowest BCUT2D eigenvalue weighted by molar-refractivity contribution is -0.127. The van der Waals surface area contributed by atoms with Gasteiger partial charge in [0.05, 0.1) is 0 Å². The van der Waals surface area contributed by atoms with Gasteiger partial charge in [0.15, 0.2) is 0 Å². The molecule has 1 atom stereocenters. The molecule has 146 valence electrons. The minimum Gasteiger partial charge on any atom is -0.367 e. The second-order valence-electron chi connectivity index (χ2n) is 7.80. The van der Waals surface area contributed by atoms with E-state index in [1.165, 1.54) is 11.1 Å². The van der Waals surface area contributed by atoms with Crippen molar-refractivity contribution in [1.29, 1.82) is 0 Å². The van der Waals surface area contributed by atoms with Crippen molar-refractivity contribution in [2.45, 2.75) is 38.8 Å². The molecule has 0 unspecified atom stereocenters. The van der Waals surface area contributed by atoms with Crippen LogP contribution >= 0.6 is 0 Å². The molecule has 1 fully saturated rings. The second kappa shape index (κ2) is 8.05. The maximum atomic E-state index is 12.5. The summed E-state index contributed by atoms with van der Waals surface area (Å²) in [5.74, 6) is 0.100. The molecular weight excluding hydrogens is 350 g/mol. The average Bonchev–Trinajstić information content (AvgIpc) is 3.12. The summed E-state index contributed by atoms with van der Waals surface area (Å²) in [4.78, 5) is 28.5. The summed E-state index contributed by atoms with van der Waals surface area (Å²) in [6.07, 6.45) is 2.59. The smallest absolute Gasteiger partial charge is 0.251 e. The summed E-state index contributed by atoms with van der Waals surface area (Å²) >= 11 is 0. The van der Waals surface area contributed by atoms with Crippen LogP contribution in [-0.4, -0.2) is 42.4 Å². The van der Waals surface area contributed by atoms with Gasteiger partial charge in [-0.05, 0) is 55.2 Å². The lowest BCUT2D eigenvalue weighted by Gasteiger charge is -2.30. The zero-order chi connectivity index (χ0) is 19.5. The highest BCUT2D eigenvalue weighted by molar-refractivity contribution is 5.94. The molecule has 0 spiro atoms. The maximum Gasteiger partial charge on any atom is 0.251 e. The van der Waals surface area contributed by atoms with Gasteiger partial charge in [-0.25, -0.2) is 0 Å². The number of hydrogen-bond acceptors (Lipinski definition) is 3. The highest BCUT2D eigenvalue weighted by Crippen LogP contribution is 2.24. The Kier molecular flexibility index (Phi) is 5.33. The van der Waals surface area contributed by atoms with Gasteiger partial charge in [-0.2, -0.15) is 0 Å². The first-order valence-corrected chi connectivity index (χ1v) is 10.1. The van der Waals surface area contributed by atoms with Crippen molar-refractivity contribution in [2.24, 2.45) is 0 Å². The monoisotopic (exact) mass is 377 g/mol. The highest BCUT2D eigenvalue weighted by atomic mass is 16.2. The van der Waals surface area contributed by atoms with Crippen molar-refractivity contribution in [3.8, 4) is 0 Å². The molecule has 2 aromatic carbocycles. The van der Waals surface area contributed by atoms with E-state index >= 15 is 0 Å². The third-order valence-electron chi connectivity index (χ3n) is 5.67. The van der Waals surface area contributed by atoms with Crippen molar-refractivity contribution >= 4 is 17.5 Å². The van der Waals surface area contributed by atoms with Crippen LogP contribution in [0.1, 0.15) is 41.3 Å². The molecule has 2 aliphatic heterocycles. The Bertz CT molecular complexity index is 862. The van der Waals surface area contributed by atoms with Gasteiger partial charge >= 0.3 is 0 Å². The number of nitrogens with one attached hydrogen (secondary N) is 1. The average molecular weight is 377 g/mol. The van der Waals surface area contributed by atoms with Crippen LogP contribution in [0, 0.1) is 0 Å². The fourth-order valence-corrected chi connectivity index (χ4v) is 4.12. The van der Waals surface area contributed by atoms with Gasteiger partial charge in [-0.1, -0.05) is 24.3 Å². The molecule has 2 aromatic rings. The third kappa shape index (κ3) is 4.03. The number of carbonyl (C=O) groups excluding carboxylic acids is 2. The van der Waals surface area contributed by atoms with Gasteiger partial charge in [-0.15, -0.1) is 0 Å². The first kappa shape index (κ1) is 18.5. The molecular formula is C23H27N3O2. The minimum absolute atomic E-state index is 0.0622. The second-order valence-corrected chi connectivity index (χ2v) is 7.80. The third-order valence-corrected chi connectivity index (χ3v) is 5.67. The first-order valence-electron chi connectivity index (χ1n) is 10.1. The topological polar surface area (TPSA) is 52.7 Å². The van der Waals surface area contributed by atoms with Crippen LogP contribution in [0.4, 0.5) is 5.69 Å². The maximum absolute atomic E-state index is 12.5. The van der Waals surface area contributed by atoms with Gasteiger partial charge in [0.25, 0.3) is 5.91 Å². The molecule has 0 aliphatic carbocycles. The van der Waals surface area contributed by atoms with Crippen LogP contribution in [0.25, 0.3) is 0 Å². The number of fused-ring (bicyclic) bond motifs is 1. The molecule has 28 heavy (non-hydrogen) atoms. The summed E-state index contributed by atoms with van der Waals surface area (Å²) in [5.41, 5.74) is 4.60. The lowest BCUT2D eigenvalue weighted by Crippen LogP contribution is -2.42. The van der Waals surface area contributed by atoms with Gasteiger partial charge in [0.2, 0.25) is 5.91 Å². The number of rotatable bonds is 5. The fraction of sp³-hybridized carbons (Fsp3) is 0.391. The van der Waals surface area contributed by atoms with Crippen molar-refractivity contribution < 1.29 is 9.59 Å². The molecule has 5 nitrogen and oxygen atoms in total. The number of nitrogens with zero attached hydrogens (tertiary/aromatic N) is 2. The zero-order valence-electron chi connectivity index (χ0n) is 16.4. The van der Waals surface area contributed by atoms with Gasteiger partial charge in [0, 0.05) is 49.9 Å². The van der Waals surface area contributed by atoms with E-state index in [2.05, 4.69) is 34.5 Å². The number of benzene rings is 2. The SMILES string of the molecule is C[C@H](CN1CCCC1=O)NC(=O)c1ccc(N2CCc3ccccc3C2)cc1. The molecule has 2 aliphatic rings. The van der Waals surface area contributed by atoms with E-state index in [0.29, 0.717) is 18.5 Å². The van der Waals surface area contributed by atoms with Crippen LogP contribution in [-0.2, 0) is 17.8 Å².